The van der Waals surface area contributed by atoms with Crippen molar-refractivity contribution in [2.24, 2.45) is 5.73 Å². The highest BCUT2D eigenvalue weighted by Crippen LogP contribution is 2.06. The van der Waals surface area contributed by atoms with Crippen LogP contribution in [0.2, 0.25) is 0 Å². The van der Waals surface area contributed by atoms with E-state index < -0.39 is 29.8 Å². The molecule has 6 nitrogen and oxygen atoms in total. The molecule has 0 saturated heterocycles. The van der Waals surface area contributed by atoms with E-state index in [1.807, 2.05) is 0 Å². The lowest BCUT2D eigenvalue weighted by atomic mass is 10.2. The van der Waals surface area contributed by atoms with Gasteiger partial charge < -0.3 is 10.5 Å². The van der Waals surface area contributed by atoms with E-state index in [4.69, 9.17) is 10.5 Å². The minimum atomic E-state index is -1.21. The zero-order chi connectivity index (χ0) is 13.7. The molecule has 0 bridgehead atoms. The molecule has 0 heterocycles. The fourth-order valence-electron chi connectivity index (χ4n) is 1.12. The van der Waals surface area contributed by atoms with Crippen LogP contribution in [-0.2, 0) is 9.53 Å². The van der Waals surface area contributed by atoms with Gasteiger partial charge in [0, 0.05) is 0 Å². The normalized spacial score (nSPS) is 11.4. The fourth-order valence-corrected chi connectivity index (χ4v) is 1.12. The molecule has 0 aromatic heterocycles. The Morgan fingerprint density at radius 2 is 2.06 bits per heavy atom. The zero-order valence-corrected chi connectivity index (χ0v) is 9.48. The van der Waals surface area contributed by atoms with Gasteiger partial charge in [0.05, 0.1) is 5.56 Å². The van der Waals surface area contributed by atoms with Crippen molar-refractivity contribution in [1.82, 2.24) is 5.32 Å². The molecule has 7 heteroatoms. The molecule has 0 aliphatic rings. The number of urea groups is 1. The van der Waals surface area contributed by atoms with Gasteiger partial charge in [0.15, 0.2) is 6.10 Å². The lowest BCUT2D eigenvalue weighted by Gasteiger charge is -2.11. The summed E-state index contributed by atoms with van der Waals surface area (Å²) in [6.07, 6.45) is -1.21. The number of carbonyl (C=O) groups excluding carboxylic acids is 3. The number of nitrogens with one attached hydrogen (secondary N) is 1. The Balaban J connectivity index is 2.65. The highest BCUT2D eigenvalue weighted by molar-refractivity contribution is 5.97. The van der Waals surface area contributed by atoms with Gasteiger partial charge in [-0.2, -0.15) is 0 Å². The van der Waals surface area contributed by atoms with Gasteiger partial charge in [-0.1, -0.05) is 6.07 Å². The average molecular weight is 254 g/mol. The number of halogens is 1. The van der Waals surface area contributed by atoms with Crippen LogP contribution in [0.25, 0.3) is 0 Å². The first-order valence-electron chi connectivity index (χ1n) is 4.97. The third-order valence-corrected chi connectivity index (χ3v) is 1.96. The van der Waals surface area contributed by atoms with Crippen LogP contribution in [0.5, 0.6) is 0 Å². The number of esters is 1. The number of nitrogens with two attached hydrogens (primary N) is 1. The van der Waals surface area contributed by atoms with Crippen molar-refractivity contribution in [2.45, 2.75) is 13.0 Å². The highest BCUT2D eigenvalue weighted by atomic mass is 19.1. The van der Waals surface area contributed by atoms with E-state index in [9.17, 15) is 18.8 Å². The third kappa shape index (κ3) is 3.85. The second kappa shape index (κ2) is 5.76. The van der Waals surface area contributed by atoms with E-state index >= 15 is 0 Å². The Kier molecular flexibility index (Phi) is 4.36. The number of imide groups is 1. The number of amides is 3. The molecule has 0 radical (unpaired) electrons. The maximum absolute atomic E-state index is 12.8. The third-order valence-electron chi connectivity index (χ3n) is 1.96. The monoisotopic (exact) mass is 254 g/mol. The number of rotatable bonds is 3. The van der Waals surface area contributed by atoms with Crippen molar-refractivity contribution in [2.75, 3.05) is 0 Å². The summed E-state index contributed by atoms with van der Waals surface area (Å²) in [5.74, 6) is -2.33. The van der Waals surface area contributed by atoms with E-state index in [0.29, 0.717) is 0 Å². The maximum atomic E-state index is 12.8. The molecule has 1 aromatic carbocycles. The van der Waals surface area contributed by atoms with Crippen LogP contribution in [0.3, 0.4) is 0 Å². The lowest BCUT2D eigenvalue weighted by Crippen LogP contribution is -2.42. The van der Waals surface area contributed by atoms with Crippen LogP contribution in [0.15, 0.2) is 24.3 Å². The van der Waals surface area contributed by atoms with Crippen LogP contribution in [-0.4, -0.2) is 24.0 Å². The maximum Gasteiger partial charge on any atom is 0.339 e. The Morgan fingerprint density at radius 3 is 2.61 bits per heavy atom. The van der Waals surface area contributed by atoms with Crippen LogP contribution in [0, 0.1) is 5.82 Å². The topological polar surface area (TPSA) is 98.5 Å². The molecule has 1 atom stereocenters. The predicted molar refractivity (Wildman–Crippen MR) is 59.0 cm³/mol. The molecule has 3 amide bonds. The number of hydrogen-bond donors (Lipinski definition) is 2. The minimum Gasteiger partial charge on any atom is -0.449 e. The molecule has 18 heavy (non-hydrogen) atoms. The highest BCUT2D eigenvalue weighted by Gasteiger charge is 2.20. The van der Waals surface area contributed by atoms with Crippen molar-refractivity contribution >= 4 is 17.9 Å². The van der Waals surface area contributed by atoms with Crippen molar-refractivity contribution in [3.63, 3.8) is 0 Å². The molecule has 1 rings (SSSR count). The molecule has 0 spiro atoms. The number of ether oxygens (including phenoxy) is 1. The Morgan fingerprint density at radius 1 is 1.39 bits per heavy atom. The minimum absolute atomic E-state index is 0.0336. The Labute approximate surface area is 102 Å². The van der Waals surface area contributed by atoms with E-state index in [1.165, 1.54) is 25.1 Å². The van der Waals surface area contributed by atoms with Gasteiger partial charge in [0.25, 0.3) is 5.91 Å². The second-order valence-corrected chi connectivity index (χ2v) is 3.41. The van der Waals surface area contributed by atoms with Gasteiger partial charge in [-0.25, -0.2) is 14.0 Å². The van der Waals surface area contributed by atoms with E-state index in [-0.39, 0.29) is 5.56 Å². The zero-order valence-electron chi connectivity index (χ0n) is 9.48. The number of primary amides is 1. The summed E-state index contributed by atoms with van der Waals surface area (Å²) in [5, 5.41) is 1.76. The average Bonchev–Trinajstić information content (AvgIpc) is 2.27. The Hall–Kier alpha value is -2.44. The summed E-state index contributed by atoms with van der Waals surface area (Å²) in [7, 11) is 0. The van der Waals surface area contributed by atoms with Gasteiger partial charge in [0.1, 0.15) is 5.82 Å². The quantitative estimate of drug-likeness (QED) is 0.770. The molecule has 0 aliphatic heterocycles. The first-order chi connectivity index (χ1) is 8.40. The smallest absolute Gasteiger partial charge is 0.339 e. The first-order valence-corrected chi connectivity index (χ1v) is 4.97. The number of benzene rings is 1. The van der Waals surface area contributed by atoms with Crippen LogP contribution in [0.1, 0.15) is 17.3 Å². The summed E-state index contributed by atoms with van der Waals surface area (Å²) in [6.45, 7) is 1.26. The molecule has 0 saturated carbocycles. The molecule has 1 aromatic rings. The van der Waals surface area contributed by atoms with E-state index in [1.54, 1.807) is 5.32 Å². The summed E-state index contributed by atoms with van der Waals surface area (Å²) >= 11 is 0. The fraction of sp³-hybridized carbons (Fsp3) is 0.182. The summed E-state index contributed by atoms with van der Waals surface area (Å²) < 4.78 is 17.6. The van der Waals surface area contributed by atoms with Crippen LogP contribution in [0.4, 0.5) is 9.18 Å². The van der Waals surface area contributed by atoms with Crippen molar-refractivity contribution in [3.05, 3.63) is 35.6 Å². The second-order valence-electron chi connectivity index (χ2n) is 3.41. The molecular formula is C11H11FN2O4. The summed E-state index contributed by atoms with van der Waals surface area (Å²) in [5.41, 5.74) is 4.70. The predicted octanol–water partition coefficient (Wildman–Crippen LogP) is 0.566. The SMILES string of the molecule is CC(OC(=O)c1cccc(F)c1)C(=O)NC(N)=O. The lowest BCUT2D eigenvalue weighted by molar-refractivity contribution is -0.127. The van der Waals surface area contributed by atoms with Crippen LogP contribution >= 0.6 is 0 Å². The van der Waals surface area contributed by atoms with Gasteiger partial charge in [-0.3, -0.25) is 10.1 Å². The van der Waals surface area contributed by atoms with Gasteiger partial charge in [0.2, 0.25) is 0 Å². The first kappa shape index (κ1) is 13.6. The summed E-state index contributed by atoms with van der Waals surface area (Å²) in [4.78, 5) is 33.2. The molecular weight excluding hydrogens is 243 g/mol. The number of hydrogen-bond acceptors (Lipinski definition) is 4. The van der Waals surface area contributed by atoms with Gasteiger partial charge >= 0.3 is 12.0 Å². The van der Waals surface area contributed by atoms with E-state index in [0.717, 1.165) is 6.07 Å². The Bertz CT molecular complexity index is 490. The standard InChI is InChI=1S/C11H11FN2O4/c1-6(9(15)14-11(13)17)18-10(16)7-3-2-4-8(12)5-7/h2-6H,1H3,(H3,13,14,15,17). The number of carbonyl (C=O) groups is 3. The molecule has 1 unspecified atom stereocenters. The molecule has 96 valence electrons. The van der Waals surface area contributed by atoms with Crippen molar-refractivity contribution < 1.29 is 23.5 Å². The molecule has 0 aliphatic carbocycles. The molecule has 0 fully saturated rings. The van der Waals surface area contributed by atoms with Gasteiger partial charge in [-0.05, 0) is 25.1 Å². The molecule has 3 N–H and O–H groups in total. The largest absolute Gasteiger partial charge is 0.449 e. The van der Waals surface area contributed by atoms with E-state index in [2.05, 4.69) is 0 Å². The summed E-state index contributed by atoms with van der Waals surface area (Å²) in [6, 6.07) is 3.76. The van der Waals surface area contributed by atoms with Gasteiger partial charge in [-0.15, -0.1) is 0 Å². The van der Waals surface area contributed by atoms with Crippen molar-refractivity contribution in [3.8, 4) is 0 Å². The van der Waals surface area contributed by atoms with Crippen molar-refractivity contribution in [1.29, 1.82) is 0 Å². The van der Waals surface area contributed by atoms with Crippen LogP contribution < -0.4 is 11.1 Å².